The maximum Gasteiger partial charge on any atom is 0.522 e. The summed E-state index contributed by atoms with van der Waals surface area (Å²) in [6.45, 7) is -0.568. The molecule has 0 bridgehead atoms. The zero-order chi connectivity index (χ0) is 25.0. The van der Waals surface area contributed by atoms with E-state index < -0.39 is 31.6 Å². The van der Waals surface area contributed by atoms with Crippen molar-refractivity contribution in [3.8, 4) is 6.08 Å². The molecule has 186 valence electrons. The van der Waals surface area contributed by atoms with Crippen LogP contribution in [0.4, 0.5) is 13.2 Å². The highest BCUT2D eigenvalue weighted by atomic mass is 79.9. The van der Waals surface area contributed by atoms with E-state index in [9.17, 15) is 22.8 Å². The van der Waals surface area contributed by atoms with E-state index in [1.807, 2.05) is 18.2 Å². The minimum Gasteiger partial charge on any atom is -0.447 e. The average molecular weight is 558 g/mol. The van der Waals surface area contributed by atoms with Gasteiger partial charge >= 0.3 is 24.2 Å². The minimum absolute atomic E-state index is 0.139. The van der Waals surface area contributed by atoms with Crippen LogP contribution in [0.15, 0.2) is 39.4 Å². The number of piperidine rings is 1. The van der Waals surface area contributed by atoms with Crippen LogP contribution in [-0.2, 0) is 4.74 Å². The molecule has 2 aromatic heterocycles. The molecule has 0 aliphatic carbocycles. The molecule has 3 heterocycles. The SMILES string of the molecule is O=C(NC1CCN(C(=O)c2nnc(OCCOC(F)(F)F)o2)CC1)c1cnc2ccc(Br)cc2c1. The van der Waals surface area contributed by atoms with Crippen LogP contribution in [0.2, 0.25) is 0 Å². The van der Waals surface area contributed by atoms with Crippen LogP contribution in [0.1, 0.15) is 33.9 Å². The van der Waals surface area contributed by atoms with Crippen molar-refractivity contribution < 1.29 is 36.7 Å². The number of carbonyl (C=O) groups is 2. The Morgan fingerprint density at radius 2 is 1.94 bits per heavy atom. The van der Waals surface area contributed by atoms with E-state index >= 15 is 0 Å². The topological polar surface area (TPSA) is 120 Å². The van der Waals surface area contributed by atoms with Crippen LogP contribution in [0.5, 0.6) is 6.08 Å². The maximum atomic E-state index is 12.7. The third-order valence-corrected chi connectivity index (χ3v) is 5.68. The normalized spacial score (nSPS) is 14.8. The standard InChI is InChI=1S/C21H19BrF3N5O5/c22-14-1-2-16-12(10-14)9-13(11-26-16)17(31)27-15-3-5-30(6-4-15)19(32)18-28-29-20(35-18)33-7-8-34-21(23,24)25/h1-2,9-11,15H,3-8H2,(H,27,31). The number of likely N-dealkylation sites (tertiary alicyclic amines) is 1. The van der Waals surface area contributed by atoms with E-state index in [-0.39, 0.29) is 17.8 Å². The van der Waals surface area contributed by atoms with E-state index in [1.54, 1.807) is 6.07 Å². The quantitative estimate of drug-likeness (QED) is 0.439. The third-order valence-electron chi connectivity index (χ3n) is 5.19. The van der Waals surface area contributed by atoms with Crippen molar-refractivity contribution in [1.82, 2.24) is 25.4 Å². The van der Waals surface area contributed by atoms with Crippen LogP contribution in [0.25, 0.3) is 10.9 Å². The molecule has 0 atom stereocenters. The number of hydrogen-bond acceptors (Lipinski definition) is 8. The van der Waals surface area contributed by atoms with Gasteiger partial charge in [-0.2, -0.15) is 0 Å². The van der Waals surface area contributed by atoms with Gasteiger partial charge in [0, 0.05) is 35.2 Å². The Morgan fingerprint density at radius 3 is 2.69 bits per heavy atom. The maximum absolute atomic E-state index is 12.7. The summed E-state index contributed by atoms with van der Waals surface area (Å²) in [5.41, 5.74) is 1.22. The van der Waals surface area contributed by atoms with Crippen LogP contribution in [0.3, 0.4) is 0 Å². The number of carbonyl (C=O) groups excluding carboxylic acids is 2. The van der Waals surface area contributed by atoms with Crippen LogP contribution < -0.4 is 10.1 Å². The Bertz CT molecular complexity index is 1210. The lowest BCUT2D eigenvalue weighted by Crippen LogP contribution is -2.46. The van der Waals surface area contributed by atoms with Gasteiger partial charge in [-0.05, 0) is 37.1 Å². The lowest BCUT2D eigenvalue weighted by Gasteiger charge is -2.31. The summed E-state index contributed by atoms with van der Waals surface area (Å²) < 4.78 is 50.2. The Labute approximate surface area is 204 Å². The molecule has 1 aliphatic rings. The molecule has 10 nitrogen and oxygen atoms in total. The van der Waals surface area contributed by atoms with Gasteiger partial charge in [0.15, 0.2) is 0 Å². The fraction of sp³-hybridized carbons (Fsp3) is 0.381. The molecule has 35 heavy (non-hydrogen) atoms. The minimum atomic E-state index is -4.77. The molecule has 1 aliphatic heterocycles. The number of alkyl halides is 3. The molecule has 1 aromatic carbocycles. The molecule has 4 rings (SSSR count). The molecule has 0 saturated carbocycles. The number of hydrogen-bond donors (Lipinski definition) is 1. The molecular weight excluding hydrogens is 539 g/mol. The fourth-order valence-electron chi connectivity index (χ4n) is 3.50. The Morgan fingerprint density at radius 1 is 1.17 bits per heavy atom. The van der Waals surface area contributed by atoms with Crippen molar-refractivity contribution in [2.45, 2.75) is 25.2 Å². The van der Waals surface area contributed by atoms with Crippen LogP contribution in [-0.4, -0.2) is 70.6 Å². The number of rotatable bonds is 7. The van der Waals surface area contributed by atoms with Crippen molar-refractivity contribution in [1.29, 1.82) is 0 Å². The second-order valence-electron chi connectivity index (χ2n) is 7.62. The Balaban J connectivity index is 1.25. The number of pyridine rings is 1. The zero-order valence-corrected chi connectivity index (χ0v) is 19.6. The van der Waals surface area contributed by atoms with Crippen LogP contribution >= 0.6 is 15.9 Å². The molecule has 3 aromatic rings. The number of benzene rings is 1. The van der Waals surface area contributed by atoms with Gasteiger partial charge in [-0.1, -0.05) is 26.1 Å². The number of fused-ring (bicyclic) bond motifs is 1. The van der Waals surface area contributed by atoms with E-state index in [0.717, 1.165) is 15.4 Å². The lowest BCUT2D eigenvalue weighted by molar-refractivity contribution is -0.325. The highest BCUT2D eigenvalue weighted by molar-refractivity contribution is 9.10. The first-order valence-corrected chi connectivity index (χ1v) is 11.3. The third kappa shape index (κ3) is 6.66. The molecule has 2 amide bonds. The largest absolute Gasteiger partial charge is 0.522 e. The zero-order valence-electron chi connectivity index (χ0n) is 18.0. The number of halogens is 4. The molecule has 1 N–H and O–H groups in total. The molecular formula is C21H19BrF3N5O5. The van der Waals surface area contributed by atoms with E-state index in [2.05, 4.69) is 41.2 Å². The van der Waals surface area contributed by atoms with Gasteiger partial charge in [0.1, 0.15) is 6.61 Å². The van der Waals surface area contributed by atoms with Gasteiger partial charge in [0.05, 0.1) is 17.7 Å². The summed E-state index contributed by atoms with van der Waals surface area (Å²) in [7, 11) is 0. The molecule has 0 unspecified atom stereocenters. The van der Waals surface area contributed by atoms with Crippen molar-refractivity contribution in [2.24, 2.45) is 0 Å². The average Bonchev–Trinajstić information content (AvgIpc) is 3.30. The van der Waals surface area contributed by atoms with Crippen molar-refractivity contribution in [3.63, 3.8) is 0 Å². The fourth-order valence-corrected chi connectivity index (χ4v) is 3.88. The van der Waals surface area contributed by atoms with E-state index in [4.69, 9.17) is 9.15 Å². The lowest BCUT2D eigenvalue weighted by atomic mass is 10.0. The summed E-state index contributed by atoms with van der Waals surface area (Å²) in [4.78, 5) is 31.1. The number of ether oxygens (including phenoxy) is 2. The number of aromatic nitrogens is 3. The van der Waals surface area contributed by atoms with E-state index in [1.165, 1.54) is 11.1 Å². The monoisotopic (exact) mass is 557 g/mol. The summed E-state index contributed by atoms with van der Waals surface area (Å²) in [5.74, 6) is -1.13. The molecule has 14 heteroatoms. The van der Waals surface area contributed by atoms with Gasteiger partial charge in [0.25, 0.3) is 5.91 Å². The van der Waals surface area contributed by atoms with Gasteiger partial charge in [-0.3, -0.25) is 19.3 Å². The Kier molecular flexibility index (Phi) is 7.50. The number of amides is 2. The van der Waals surface area contributed by atoms with Gasteiger partial charge in [-0.15, -0.1) is 13.2 Å². The van der Waals surface area contributed by atoms with Gasteiger partial charge in [-0.25, -0.2) is 0 Å². The van der Waals surface area contributed by atoms with E-state index in [0.29, 0.717) is 31.5 Å². The molecule has 1 fully saturated rings. The summed E-state index contributed by atoms with van der Waals surface area (Å²) in [5, 5.41) is 10.9. The molecule has 0 spiro atoms. The summed E-state index contributed by atoms with van der Waals surface area (Å²) >= 11 is 3.40. The second-order valence-corrected chi connectivity index (χ2v) is 8.53. The first-order chi connectivity index (χ1) is 16.7. The number of nitrogens with one attached hydrogen (secondary N) is 1. The van der Waals surface area contributed by atoms with Gasteiger partial charge < -0.3 is 19.4 Å². The van der Waals surface area contributed by atoms with Crippen molar-refractivity contribution in [2.75, 3.05) is 26.3 Å². The first kappa shape index (κ1) is 24.9. The predicted molar refractivity (Wildman–Crippen MR) is 118 cm³/mol. The molecule has 0 radical (unpaired) electrons. The Hall–Kier alpha value is -3.26. The summed E-state index contributed by atoms with van der Waals surface area (Å²) in [6.07, 6.45) is -2.66. The van der Waals surface area contributed by atoms with Crippen molar-refractivity contribution >= 4 is 38.6 Å². The van der Waals surface area contributed by atoms with Crippen LogP contribution in [0, 0.1) is 0 Å². The van der Waals surface area contributed by atoms with Gasteiger partial charge in [0.2, 0.25) is 0 Å². The highest BCUT2D eigenvalue weighted by Crippen LogP contribution is 2.20. The second kappa shape index (κ2) is 10.6. The first-order valence-electron chi connectivity index (χ1n) is 10.5. The molecule has 1 saturated heterocycles. The smallest absolute Gasteiger partial charge is 0.447 e. The summed E-state index contributed by atoms with van der Waals surface area (Å²) in [6, 6.07) is 7.24. The number of nitrogens with zero attached hydrogens (tertiary/aromatic N) is 4. The van der Waals surface area contributed by atoms with Crippen molar-refractivity contribution in [3.05, 3.63) is 46.4 Å². The predicted octanol–water partition coefficient (Wildman–Crippen LogP) is 3.33. The highest BCUT2D eigenvalue weighted by Gasteiger charge is 2.30.